The van der Waals surface area contributed by atoms with Gasteiger partial charge in [0.2, 0.25) is 0 Å². The summed E-state index contributed by atoms with van der Waals surface area (Å²) in [5, 5.41) is 18.1. The molecule has 0 bridgehead atoms. The maximum atomic E-state index is 10.9. The second-order valence-electron chi connectivity index (χ2n) is 5.54. The first kappa shape index (κ1) is 18.5. The molecule has 0 spiro atoms. The monoisotopic (exact) mass is 385 g/mol. The molecule has 0 fully saturated rings. The molecule has 1 heterocycles. The Labute approximate surface area is 160 Å². The van der Waals surface area contributed by atoms with Gasteiger partial charge in [0.1, 0.15) is 5.82 Å². The van der Waals surface area contributed by atoms with Crippen molar-refractivity contribution in [2.45, 2.75) is 17.3 Å². The smallest absolute Gasteiger partial charge is 0.313 e. The SMILES string of the molecule is O=C(O)CSc1nnc(CCSCc2ccccc2)n1-c1ccccc1. The van der Waals surface area contributed by atoms with Gasteiger partial charge in [-0.15, -0.1) is 10.2 Å². The minimum absolute atomic E-state index is 0.0340. The first-order valence-corrected chi connectivity index (χ1v) is 10.3. The van der Waals surface area contributed by atoms with Gasteiger partial charge in [0.05, 0.1) is 5.75 Å². The molecule has 7 heteroatoms. The van der Waals surface area contributed by atoms with E-state index in [1.54, 1.807) is 0 Å². The quantitative estimate of drug-likeness (QED) is 0.445. The number of thioether (sulfide) groups is 2. The number of carboxylic acids is 1. The number of hydrogen-bond donors (Lipinski definition) is 1. The summed E-state index contributed by atoms with van der Waals surface area (Å²) >= 11 is 3.04. The van der Waals surface area contributed by atoms with Gasteiger partial charge in [-0.25, -0.2) is 0 Å². The molecule has 1 aromatic heterocycles. The van der Waals surface area contributed by atoms with Crippen LogP contribution in [0.25, 0.3) is 5.69 Å². The summed E-state index contributed by atoms with van der Waals surface area (Å²) in [6.45, 7) is 0. The lowest BCUT2D eigenvalue weighted by Gasteiger charge is -2.09. The molecule has 0 amide bonds. The number of nitrogens with zero attached hydrogens (tertiary/aromatic N) is 3. The lowest BCUT2D eigenvalue weighted by Crippen LogP contribution is -2.06. The van der Waals surface area contributed by atoms with Crippen LogP contribution in [-0.2, 0) is 17.0 Å². The van der Waals surface area contributed by atoms with E-state index < -0.39 is 5.97 Å². The summed E-state index contributed by atoms with van der Waals surface area (Å²) < 4.78 is 1.96. The number of benzene rings is 2. The molecule has 0 aliphatic carbocycles. The lowest BCUT2D eigenvalue weighted by molar-refractivity contribution is -0.133. The van der Waals surface area contributed by atoms with Crippen LogP contribution in [0.3, 0.4) is 0 Å². The van der Waals surface area contributed by atoms with E-state index in [1.807, 2.05) is 64.9 Å². The predicted molar refractivity (Wildman–Crippen MR) is 106 cm³/mol. The van der Waals surface area contributed by atoms with Gasteiger partial charge in [0, 0.05) is 23.6 Å². The molecule has 3 rings (SSSR count). The molecule has 0 aliphatic rings. The molecule has 0 unspecified atom stereocenters. The Hall–Kier alpha value is -2.25. The number of hydrogen-bond acceptors (Lipinski definition) is 5. The number of aryl methyl sites for hydroxylation is 1. The molecule has 0 radical (unpaired) electrons. The Morgan fingerprint density at radius 1 is 1.00 bits per heavy atom. The van der Waals surface area contributed by atoms with Crippen molar-refractivity contribution >= 4 is 29.5 Å². The third kappa shape index (κ3) is 5.12. The van der Waals surface area contributed by atoms with E-state index in [4.69, 9.17) is 5.11 Å². The van der Waals surface area contributed by atoms with Crippen LogP contribution in [0.5, 0.6) is 0 Å². The Morgan fingerprint density at radius 2 is 1.69 bits per heavy atom. The van der Waals surface area contributed by atoms with Crippen LogP contribution in [0, 0.1) is 0 Å². The predicted octanol–water partition coefficient (Wildman–Crippen LogP) is 3.92. The highest BCUT2D eigenvalue weighted by Gasteiger charge is 2.15. The highest BCUT2D eigenvalue weighted by molar-refractivity contribution is 7.99. The van der Waals surface area contributed by atoms with Crippen molar-refractivity contribution in [2.24, 2.45) is 0 Å². The highest BCUT2D eigenvalue weighted by atomic mass is 32.2. The fraction of sp³-hybridized carbons (Fsp3) is 0.211. The Morgan fingerprint density at radius 3 is 2.38 bits per heavy atom. The standard InChI is InChI=1S/C19H19N3O2S2/c23-18(24)14-26-19-21-20-17(22(19)16-9-5-2-6-10-16)11-12-25-13-15-7-3-1-4-8-15/h1-10H,11-14H2,(H,23,24). The number of rotatable bonds is 9. The minimum Gasteiger partial charge on any atom is -0.481 e. The summed E-state index contributed by atoms with van der Waals surface area (Å²) in [6, 6.07) is 20.2. The van der Waals surface area contributed by atoms with Gasteiger partial charge in [-0.2, -0.15) is 11.8 Å². The van der Waals surface area contributed by atoms with Crippen molar-refractivity contribution in [2.75, 3.05) is 11.5 Å². The second-order valence-corrected chi connectivity index (χ2v) is 7.59. The zero-order valence-corrected chi connectivity index (χ0v) is 15.7. The maximum absolute atomic E-state index is 10.9. The highest BCUT2D eigenvalue weighted by Crippen LogP contribution is 2.23. The van der Waals surface area contributed by atoms with Crippen molar-refractivity contribution in [1.29, 1.82) is 0 Å². The van der Waals surface area contributed by atoms with Crippen LogP contribution in [0.1, 0.15) is 11.4 Å². The van der Waals surface area contributed by atoms with E-state index in [2.05, 4.69) is 22.3 Å². The van der Waals surface area contributed by atoms with Gasteiger partial charge in [-0.1, -0.05) is 60.3 Å². The molecule has 0 saturated heterocycles. The number of carboxylic acid groups (broad SMARTS) is 1. The molecular weight excluding hydrogens is 366 g/mol. The zero-order valence-electron chi connectivity index (χ0n) is 14.1. The Bertz CT molecular complexity index is 839. The van der Waals surface area contributed by atoms with Crippen molar-refractivity contribution < 1.29 is 9.90 Å². The molecule has 134 valence electrons. The van der Waals surface area contributed by atoms with Gasteiger partial charge >= 0.3 is 5.97 Å². The van der Waals surface area contributed by atoms with Gasteiger partial charge in [0.25, 0.3) is 0 Å². The first-order chi connectivity index (χ1) is 12.7. The van der Waals surface area contributed by atoms with Gasteiger partial charge in [0.15, 0.2) is 5.16 Å². The van der Waals surface area contributed by atoms with Crippen LogP contribution in [0.2, 0.25) is 0 Å². The van der Waals surface area contributed by atoms with E-state index in [9.17, 15) is 4.79 Å². The van der Waals surface area contributed by atoms with Crippen molar-refractivity contribution in [1.82, 2.24) is 14.8 Å². The molecule has 0 atom stereocenters. The Balaban J connectivity index is 1.69. The summed E-state index contributed by atoms with van der Waals surface area (Å²) in [6.07, 6.45) is 0.771. The van der Waals surface area contributed by atoms with Gasteiger partial charge in [-0.3, -0.25) is 9.36 Å². The van der Waals surface area contributed by atoms with Crippen molar-refractivity contribution in [3.8, 4) is 5.69 Å². The average molecular weight is 386 g/mol. The van der Waals surface area contributed by atoms with Crippen molar-refractivity contribution in [3.05, 3.63) is 72.1 Å². The van der Waals surface area contributed by atoms with Crippen LogP contribution in [0.15, 0.2) is 65.8 Å². The fourth-order valence-electron chi connectivity index (χ4n) is 2.45. The van der Waals surface area contributed by atoms with E-state index in [0.29, 0.717) is 5.16 Å². The third-order valence-electron chi connectivity index (χ3n) is 3.62. The van der Waals surface area contributed by atoms with Gasteiger partial charge < -0.3 is 5.11 Å². The molecule has 3 aromatic rings. The van der Waals surface area contributed by atoms with Crippen molar-refractivity contribution in [3.63, 3.8) is 0 Å². The number of carbonyl (C=O) groups is 1. The van der Waals surface area contributed by atoms with Crippen LogP contribution >= 0.6 is 23.5 Å². The number of aliphatic carboxylic acids is 1. The molecule has 2 aromatic carbocycles. The molecule has 1 N–H and O–H groups in total. The van der Waals surface area contributed by atoms with Crippen LogP contribution in [-0.4, -0.2) is 37.3 Å². The van der Waals surface area contributed by atoms with E-state index >= 15 is 0 Å². The molecular formula is C19H19N3O2S2. The first-order valence-electron chi connectivity index (χ1n) is 8.20. The summed E-state index contributed by atoms with van der Waals surface area (Å²) in [5.74, 6) is 1.83. The molecule has 26 heavy (non-hydrogen) atoms. The van der Waals surface area contributed by atoms with Crippen LogP contribution < -0.4 is 0 Å². The zero-order chi connectivity index (χ0) is 18.2. The minimum atomic E-state index is -0.863. The molecule has 0 saturated carbocycles. The van der Waals surface area contributed by atoms with E-state index in [1.165, 1.54) is 17.3 Å². The summed E-state index contributed by atoms with van der Waals surface area (Å²) in [7, 11) is 0. The van der Waals surface area contributed by atoms with Crippen LogP contribution in [0.4, 0.5) is 0 Å². The fourth-order valence-corrected chi connectivity index (χ4v) is 4.04. The third-order valence-corrected chi connectivity index (χ3v) is 5.57. The summed E-state index contributed by atoms with van der Waals surface area (Å²) in [4.78, 5) is 10.9. The topological polar surface area (TPSA) is 68.0 Å². The number of aromatic nitrogens is 3. The summed E-state index contributed by atoms with van der Waals surface area (Å²) in [5.41, 5.74) is 2.26. The molecule has 5 nitrogen and oxygen atoms in total. The van der Waals surface area contributed by atoms with E-state index in [0.717, 1.165) is 29.4 Å². The average Bonchev–Trinajstić information content (AvgIpc) is 3.08. The number of para-hydroxylation sites is 1. The van der Waals surface area contributed by atoms with E-state index in [-0.39, 0.29) is 5.75 Å². The maximum Gasteiger partial charge on any atom is 0.313 e. The van der Waals surface area contributed by atoms with Gasteiger partial charge in [-0.05, 0) is 17.7 Å². The largest absolute Gasteiger partial charge is 0.481 e. The lowest BCUT2D eigenvalue weighted by atomic mass is 10.2. The second kappa shape index (κ2) is 9.45. The normalized spacial score (nSPS) is 10.8. The molecule has 0 aliphatic heterocycles. The Kier molecular flexibility index (Phi) is 6.74.